The molecule has 0 spiro atoms. The van der Waals surface area contributed by atoms with E-state index in [1.807, 2.05) is 0 Å². The molecular formula is C11H22N2O2. The van der Waals surface area contributed by atoms with Crippen molar-refractivity contribution in [3.8, 4) is 0 Å². The van der Waals surface area contributed by atoms with Gasteiger partial charge in [0.15, 0.2) is 0 Å². The number of amides is 2. The molecule has 88 valence electrons. The highest BCUT2D eigenvalue weighted by Crippen LogP contribution is 2.09. The molecule has 1 fully saturated rings. The smallest absolute Gasteiger partial charge is 0.316 e. The van der Waals surface area contributed by atoms with E-state index < -0.39 is 0 Å². The van der Waals surface area contributed by atoms with Crippen LogP contribution in [0.1, 0.15) is 39.5 Å². The maximum atomic E-state index is 11.4. The molecule has 4 nitrogen and oxygen atoms in total. The van der Waals surface area contributed by atoms with Crippen LogP contribution in [0.3, 0.4) is 0 Å². The zero-order chi connectivity index (χ0) is 11.1. The molecule has 1 aliphatic rings. The van der Waals surface area contributed by atoms with Crippen molar-refractivity contribution in [1.82, 2.24) is 10.6 Å². The van der Waals surface area contributed by atoms with Crippen LogP contribution in [0.4, 0.5) is 4.79 Å². The first kappa shape index (κ1) is 12.3. The first-order valence-electron chi connectivity index (χ1n) is 5.84. The molecule has 0 saturated carbocycles. The van der Waals surface area contributed by atoms with Crippen LogP contribution >= 0.6 is 0 Å². The average Bonchev–Trinajstić information content (AvgIpc) is 2.18. The Morgan fingerprint density at radius 2 is 2.27 bits per heavy atom. The van der Waals surface area contributed by atoms with Crippen molar-refractivity contribution >= 4 is 6.03 Å². The highest BCUT2D eigenvalue weighted by molar-refractivity contribution is 5.73. The second-order valence-electron chi connectivity index (χ2n) is 4.44. The number of carbonyl (C=O) groups is 1. The van der Waals surface area contributed by atoms with E-state index in [-0.39, 0.29) is 12.3 Å². The van der Waals surface area contributed by atoms with E-state index in [4.69, 9.17) is 4.74 Å². The minimum atomic E-state index is -0.109. The largest absolute Gasteiger partial charge is 0.358 e. The molecule has 0 aromatic rings. The molecule has 0 aromatic heterocycles. The Bertz CT molecular complexity index is 189. The van der Waals surface area contributed by atoms with Gasteiger partial charge in [-0.15, -0.1) is 0 Å². The van der Waals surface area contributed by atoms with Gasteiger partial charge in [-0.05, 0) is 31.6 Å². The lowest BCUT2D eigenvalue weighted by atomic mass is 10.1. The van der Waals surface area contributed by atoms with E-state index in [0.29, 0.717) is 5.92 Å². The van der Waals surface area contributed by atoms with Crippen LogP contribution in [-0.4, -0.2) is 25.4 Å². The minimum absolute atomic E-state index is 0.0854. The summed E-state index contributed by atoms with van der Waals surface area (Å²) in [4.78, 5) is 11.4. The fourth-order valence-electron chi connectivity index (χ4n) is 1.53. The average molecular weight is 214 g/mol. The van der Waals surface area contributed by atoms with E-state index in [0.717, 1.165) is 38.8 Å². The molecule has 1 saturated heterocycles. The molecule has 0 aromatic carbocycles. The Morgan fingerprint density at radius 3 is 2.87 bits per heavy atom. The van der Waals surface area contributed by atoms with Crippen LogP contribution in [0.2, 0.25) is 0 Å². The quantitative estimate of drug-likeness (QED) is 0.750. The lowest BCUT2D eigenvalue weighted by Gasteiger charge is -2.23. The van der Waals surface area contributed by atoms with Crippen molar-refractivity contribution in [2.24, 2.45) is 5.92 Å². The summed E-state index contributed by atoms with van der Waals surface area (Å²) in [6, 6.07) is -0.109. The second kappa shape index (κ2) is 6.67. The number of nitrogens with one attached hydrogen (secondary N) is 2. The molecule has 4 heteroatoms. The lowest BCUT2D eigenvalue weighted by molar-refractivity contribution is 0.00235. The predicted molar refractivity (Wildman–Crippen MR) is 59.6 cm³/mol. The number of hydrogen-bond acceptors (Lipinski definition) is 2. The number of ether oxygens (including phenoxy) is 1. The molecule has 1 unspecified atom stereocenters. The van der Waals surface area contributed by atoms with Crippen molar-refractivity contribution in [1.29, 1.82) is 0 Å². The van der Waals surface area contributed by atoms with E-state index in [1.54, 1.807) is 0 Å². The molecule has 0 radical (unpaired) electrons. The van der Waals surface area contributed by atoms with Gasteiger partial charge in [-0.2, -0.15) is 0 Å². The molecular weight excluding hydrogens is 192 g/mol. The van der Waals surface area contributed by atoms with Crippen LogP contribution in [0.15, 0.2) is 0 Å². The van der Waals surface area contributed by atoms with E-state index in [9.17, 15) is 4.79 Å². The van der Waals surface area contributed by atoms with Crippen molar-refractivity contribution < 1.29 is 9.53 Å². The SMILES string of the molecule is CC(C)CCNC(=O)NC1CCCCO1. The van der Waals surface area contributed by atoms with Crippen molar-refractivity contribution in [2.75, 3.05) is 13.2 Å². The fraction of sp³-hybridized carbons (Fsp3) is 0.909. The molecule has 2 N–H and O–H groups in total. The molecule has 0 aliphatic carbocycles. The second-order valence-corrected chi connectivity index (χ2v) is 4.44. The zero-order valence-electron chi connectivity index (χ0n) is 9.71. The van der Waals surface area contributed by atoms with Crippen LogP contribution in [0.25, 0.3) is 0 Å². The van der Waals surface area contributed by atoms with Gasteiger partial charge in [0.05, 0.1) is 0 Å². The molecule has 1 aliphatic heterocycles. The Labute approximate surface area is 91.8 Å². The topological polar surface area (TPSA) is 50.4 Å². The molecule has 0 bridgehead atoms. The standard InChI is InChI=1S/C11H22N2O2/c1-9(2)6-7-12-11(14)13-10-5-3-4-8-15-10/h9-10H,3-8H2,1-2H3,(H2,12,13,14). The van der Waals surface area contributed by atoms with Crippen molar-refractivity contribution in [3.63, 3.8) is 0 Å². The Morgan fingerprint density at radius 1 is 1.47 bits per heavy atom. The van der Waals surface area contributed by atoms with E-state index in [1.165, 1.54) is 0 Å². The summed E-state index contributed by atoms with van der Waals surface area (Å²) in [5, 5.41) is 5.65. The number of rotatable bonds is 4. The van der Waals surface area contributed by atoms with Gasteiger partial charge in [-0.3, -0.25) is 0 Å². The van der Waals surface area contributed by atoms with Crippen LogP contribution < -0.4 is 10.6 Å². The molecule has 1 heterocycles. The summed E-state index contributed by atoms with van der Waals surface area (Å²) in [6.45, 7) is 5.78. The minimum Gasteiger partial charge on any atom is -0.358 e. The normalized spacial score (nSPS) is 21.4. The number of urea groups is 1. The third-order valence-corrected chi connectivity index (χ3v) is 2.48. The van der Waals surface area contributed by atoms with Crippen LogP contribution in [0.5, 0.6) is 0 Å². The predicted octanol–water partition coefficient (Wildman–Crippen LogP) is 1.86. The van der Waals surface area contributed by atoms with Crippen molar-refractivity contribution in [3.05, 3.63) is 0 Å². The zero-order valence-corrected chi connectivity index (χ0v) is 9.71. The number of carbonyl (C=O) groups excluding carboxylic acids is 1. The van der Waals surface area contributed by atoms with Gasteiger partial charge < -0.3 is 15.4 Å². The van der Waals surface area contributed by atoms with Crippen molar-refractivity contribution in [2.45, 2.75) is 45.8 Å². The van der Waals surface area contributed by atoms with Gasteiger partial charge in [0.25, 0.3) is 0 Å². The Hall–Kier alpha value is -0.770. The van der Waals surface area contributed by atoms with Gasteiger partial charge in [0.2, 0.25) is 0 Å². The van der Waals surface area contributed by atoms with E-state index in [2.05, 4.69) is 24.5 Å². The molecule has 2 amide bonds. The van der Waals surface area contributed by atoms with Gasteiger partial charge in [-0.1, -0.05) is 13.8 Å². The maximum Gasteiger partial charge on any atom is 0.316 e. The Balaban J connectivity index is 2.06. The summed E-state index contributed by atoms with van der Waals surface area (Å²) in [5.74, 6) is 0.622. The summed E-state index contributed by atoms with van der Waals surface area (Å²) in [6.07, 6.45) is 4.10. The van der Waals surface area contributed by atoms with Gasteiger partial charge in [0.1, 0.15) is 6.23 Å². The maximum absolute atomic E-state index is 11.4. The molecule has 1 atom stereocenters. The first-order valence-corrected chi connectivity index (χ1v) is 5.84. The van der Waals surface area contributed by atoms with E-state index >= 15 is 0 Å². The van der Waals surface area contributed by atoms with Gasteiger partial charge in [0, 0.05) is 13.2 Å². The van der Waals surface area contributed by atoms with Crippen LogP contribution in [-0.2, 0) is 4.74 Å². The summed E-state index contributed by atoms with van der Waals surface area (Å²) < 4.78 is 5.40. The molecule has 15 heavy (non-hydrogen) atoms. The summed E-state index contributed by atoms with van der Waals surface area (Å²) in [5.41, 5.74) is 0. The van der Waals surface area contributed by atoms with Crippen LogP contribution in [0, 0.1) is 5.92 Å². The van der Waals surface area contributed by atoms with Gasteiger partial charge >= 0.3 is 6.03 Å². The first-order chi connectivity index (χ1) is 7.18. The van der Waals surface area contributed by atoms with Gasteiger partial charge in [-0.25, -0.2) is 4.79 Å². The summed E-state index contributed by atoms with van der Waals surface area (Å²) in [7, 11) is 0. The lowest BCUT2D eigenvalue weighted by Crippen LogP contribution is -2.45. The highest BCUT2D eigenvalue weighted by atomic mass is 16.5. The summed E-state index contributed by atoms with van der Waals surface area (Å²) >= 11 is 0. The third-order valence-electron chi connectivity index (χ3n) is 2.48. The molecule has 1 rings (SSSR count). The third kappa shape index (κ3) is 5.62. The highest BCUT2D eigenvalue weighted by Gasteiger charge is 2.15. The number of hydrogen-bond donors (Lipinski definition) is 2. The Kier molecular flexibility index (Phi) is 5.47. The fourth-order valence-corrected chi connectivity index (χ4v) is 1.53. The monoisotopic (exact) mass is 214 g/mol.